The molecule has 0 bridgehead atoms. The fourth-order valence-electron chi connectivity index (χ4n) is 2.44. The van der Waals surface area contributed by atoms with Gasteiger partial charge in [-0.05, 0) is 50.8 Å². The number of nitrogens with zero attached hydrogens (tertiary/aromatic N) is 1. The molecule has 2 N–H and O–H groups in total. The van der Waals surface area contributed by atoms with Crippen molar-refractivity contribution < 1.29 is 14.3 Å². The highest BCUT2D eigenvalue weighted by molar-refractivity contribution is 9.10. The number of para-hydroxylation sites is 1. The van der Waals surface area contributed by atoms with Gasteiger partial charge in [0.05, 0.1) is 5.56 Å². The molecule has 0 radical (unpaired) electrons. The van der Waals surface area contributed by atoms with E-state index in [4.69, 9.17) is 4.74 Å². The Morgan fingerprint density at radius 1 is 1.14 bits per heavy atom. The molecule has 0 heterocycles. The normalized spacial score (nSPS) is 10.6. The number of nitrogens with one attached hydrogen (secondary N) is 2. The van der Waals surface area contributed by atoms with Gasteiger partial charge in [0, 0.05) is 29.7 Å². The molecule has 2 rings (SSSR count). The van der Waals surface area contributed by atoms with E-state index in [-0.39, 0.29) is 24.8 Å². The molecule has 6 nitrogen and oxygen atoms in total. The minimum absolute atomic E-state index is 0.156. The number of halogens is 1. The van der Waals surface area contributed by atoms with E-state index in [0.29, 0.717) is 17.9 Å². The van der Waals surface area contributed by atoms with Crippen LogP contribution < -0.4 is 15.4 Å². The van der Waals surface area contributed by atoms with E-state index in [2.05, 4.69) is 26.6 Å². The molecule has 7 heteroatoms. The van der Waals surface area contributed by atoms with Gasteiger partial charge >= 0.3 is 0 Å². The van der Waals surface area contributed by atoms with Crippen molar-refractivity contribution in [3.05, 3.63) is 58.1 Å². The van der Waals surface area contributed by atoms with E-state index < -0.39 is 0 Å². The molecule has 2 amide bonds. The van der Waals surface area contributed by atoms with Gasteiger partial charge in [0.1, 0.15) is 12.4 Å². The first kappa shape index (κ1) is 21.9. The van der Waals surface area contributed by atoms with Gasteiger partial charge in [-0.25, -0.2) is 0 Å². The van der Waals surface area contributed by atoms with Crippen molar-refractivity contribution in [1.82, 2.24) is 10.2 Å². The topological polar surface area (TPSA) is 70.7 Å². The van der Waals surface area contributed by atoms with Crippen LogP contribution in [0.5, 0.6) is 5.75 Å². The maximum atomic E-state index is 12.5. The number of likely N-dealkylation sites (N-methyl/N-ethyl adjacent to an activating group) is 1. The van der Waals surface area contributed by atoms with Gasteiger partial charge in [-0.1, -0.05) is 34.1 Å². The Bertz CT molecular complexity index is 824. The predicted octanol–water partition coefficient (Wildman–Crippen LogP) is 3.46. The second-order valence-corrected chi connectivity index (χ2v) is 7.58. The minimum atomic E-state index is -0.258. The number of amides is 2. The first-order chi connectivity index (χ1) is 13.4. The third-order valence-electron chi connectivity index (χ3n) is 4.04. The van der Waals surface area contributed by atoms with Crippen LogP contribution in [0.3, 0.4) is 0 Å². The van der Waals surface area contributed by atoms with Crippen molar-refractivity contribution in [2.45, 2.75) is 13.3 Å². The zero-order valence-electron chi connectivity index (χ0n) is 16.4. The standard InChI is InChI=1S/C21H26BrN3O3/c1-15-8-9-16(22)14-18(15)24-20(26)10-11-23-21(27)17-6-4-5-7-19(17)28-13-12-25(2)3/h4-9,14H,10-13H2,1-3H3,(H,23,27)(H,24,26). The quantitative estimate of drug-likeness (QED) is 0.617. The SMILES string of the molecule is Cc1ccc(Br)cc1NC(=O)CCNC(=O)c1ccccc1OCCN(C)C. The fraction of sp³-hybridized carbons (Fsp3) is 0.333. The van der Waals surface area contributed by atoms with Crippen LogP contribution in [0.2, 0.25) is 0 Å². The van der Waals surface area contributed by atoms with Crippen LogP contribution in [0.25, 0.3) is 0 Å². The van der Waals surface area contributed by atoms with Crippen LogP contribution in [0.15, 0.2) is 46.9 Å². The molecule has 0 atom stereocenters. The molecule has 0 saturated heterocycles. The summed E-state index contributed by atoms with van der Waals surface area (Å²) in [5, 5.41) is 5.65. The third kappa shape index (κ3) is 6.98. The van der Waals surface area contributed by atoms with E-state index in [1.807, 2.05) is 50.2 Å². The summed E-state index contributed by atoms with van der Waals surface area (Å²) in [6.45, 7) is 3.41. The lowest BCUT2D eigenvalue weighted by molar-refractivity contribution is -0.116. The second kappa shape index (κ2) is 10.8. The Kier molecular flexibility index (Phi) is 8.47. The van der Waals surface area contributed by atoms with Gasteiger partial charge in [-0.15, -0.1) is 0 Å². The van der Waals surface area contributed by atoms with Crippen LogP contribution in [-0.2, 0) is 4.79 Å². The average Bonchev–Trinajstić information content (AvgIpc) is 2.64. The van der Waals surface area contributed by atoms with Crippen molar-refractivity contribution in [1.29, 1.82) is 0 Å². The van der Waals surface area contributed by atoms with E-state index in [1.54, 1.807) is 18.2 Å². The summed E-state index contributed by atoms with van der Waals surface area (Å²) in [5.74, 6) is 0.125. The molecule has 0 unspecified atom stereocenters. The van der Waals surface area contributed by atoms with Gasteiger partial charge in [0.25, 0.3) is 5.91 Å². The molecule has 0 aliphatic carbocycles. The molecular weight excluding hydrogens is 422 g/mol. The lowest BCUT2D eigenvalue weighted by atomic mass is 10.2. The van der Waals surface area contributed by atoms with Crippen LogP contribution in [0.4, 0.5) is 5.69 Å². The minimum Gasteiger partial charge on any atom is -0.491 e. The van der Waals surface area contributed by atoms with E-state index in [9.17, 15) is 9.59 Å². The Balaban J connectivity index is 1.85. The summed E-state index contributed by atoms with van der Waals surface area (Å²) >= 11 is 3.39. The highest BCUT2D eigenvalue weighted by Gasteiger charge is 2.13. The summed E-state index contributed by atoms with van der Waals surface area (Å²) < 4.78 is 6.61. The van der Waals surface area contributed by atoms with Crippen molar-refractivity contribution in [3.8, 4) is 5.75 Å². The van der Waals surface area contributed by atoms with Gasteiger partial charge in [0.2, 0.25) is 5.91 Å². The average molecular weight is 448 g/mol. The maximum absolute atomic E-state index is 12.5. The summed E-state index contributed by atoms with van der Waals surface area (Å²) in [7, 11) is 3.92. The largest absolute Gasteiger partial charge is 0.491 e. The van der Waals surface area contributed by atoms with Crippen LogP contribution >= 0.6 is 15.9 Å². The smallest absolute Gasteiger partial charge is 0.255 e. The lowest BCUT2D eigenvalue weighted by Gasteiger charge is -2.14. The van der Waals surface area contributed by atoms with Crippen molar-refractivity contribution in [2.75, 3.05) is 39.1 Å². The first-order valence-electron chi connectivity index (χ1n) is 9.07. The number of carbonyl (C=O) groups is 2. The maximum Gasteiger partial charge on any atom is 0.255 e. The summed E-state index contributed by atoms with van der Waals surface area (Å²) in [4.78, 5) is 26.6. The molecule has 2 aromatic carbocycles. The fourth-order valence-corrected chi connectivity index (χ4v) is 2.81. The highest BCUT2D eigenvalue weighted by atomic mass is 79.9. The number of rotatable bonds is 9. The summed E-state index contributed by atoms with van der Waals surface area (Å²) in [6, 6.07) is 12.8. The van der Waals surface area contributed by atoms with E-state index >= 15 is 0 Å². The number of hydrogen-bond acceptors (Lipinski definition) is 4. The molecule has 0 spiro atoms. The molecule has 0 aliphatic rings. The molecule has 2 aromatic rings. The number of anilines is 1. The van der Waals surface area contributed by atoms with Crippen LogP contribution in [0.1, 0.15) is 22.3 Å². The van der Waals surface area contributed by atoms with Crippen LogP contribution in [-0.4, -0.2) is 50.5 Å². The number of hydrogen-bond donors (Lipinski definition) is 2. The summed E-state index contributed by atoms with van der Waals surface area (Å²) in [6.07, 6.45) is 0.182. The van der Waals surface area contributed by atoms with Gasteiger partial charge in [0.15, 0.2) is 0 Å². The van der Waals surface area contributed by atoms with Crippen molar-refractivity contribution >= 4 is 33.4 Å². The monoisotopic (exact) mass is 447 g/mol. The first-order valence-corrected chi connectivity index (χ1v) is 9.87. The van der Waals surface area contributed by atoms with Crippen LogP contribution in [0, 0.1) is 6.92 Å². The zero-order chi connectivity index (χ0) is 20.5. The van der Waals surface area contributed by atoms with E-state index in [1.165, 1.54) is 0 Å². The van der Waals surface area contributed by atoms with Gasteiger partial charge < -0.3 is 20.3 Å². The number of aryl methyl sites for hydroxylation is 1. The van der Waals surface area contributed by atoms with E-state index in [0.717, 1.165) is 22.3 Å². The Labute approximate surface area is 174 Å². The molecule has 150 valence electrons. The Hall–Kier alpha value is -2.38. The number of ether oxygens (including phenoxy) is 1. The lowest BCUT2D eigenvalue weighted by Crippen LogP contribution is -2.28. The summed E-state index contributed by atoms with van der Waals surface area (Å²) in [5.41, 5.74) is 2.19. The Morgan fingerprint density at radius 3 is 2.64 bits per heavy atom. The van der Waals surface area contributed by atoms with Gasteiger partial charge in [-0.2, -0.15) is 0 Å². The number of benzene rings is 2. The molecule has 0 fully saturated rings. The third-order valence-corrected chi connectivity index (χ3v) is 4.53. The predicted molar refractivity (Wildman–Crippen MR) is 115 cm³/mol. The second-order valence-electron chi connectivity index (χ2n) is 6.66. The Morgan fingerprint density at radius 2 is 1.89 bits per heavy atom. The molecule has 0 aliphatic heterocycles. The molecule has 28 heavy (non-hydrogen) atoms. The molecule has 0 aromatic heterocycles. The van der Waals surface area contributed by atoms with Crippen molar-refractivity contribution in [3.63, 3.8) is 0 Å². The molecular formula is C21H26BrN3O3. The molecule has 0 saturated carbocycles. The van der Waals surface area contributed by atoms with Crippen molar-refractivity contribution in [2.24, 2.45) is 0 Å². The number of carbonyl (C=O) groups excluding carboxylic acids is 2. The van der Waals surface area contributed by atoms with Gasteiger partial charge in [-0.3, -0.25) is 9.59 Å². The highest BCUT2D eigenvalue weighted by Crippen LogP contribution is 2.21. The zero-order valence-corrected chi connectivity index (χ0v) is 18.0.